The van der Waals surface area contributed by atoms with E-state index in [1.165, 1.54) is 16.9 Å². The van der Waals surface area contributed by atoms with E-state index in [0.717, 1.165) is 41.3 Å². The fourth-order valence-corrected chi connectivity index (χ4v) is 4.24. The molecule has 2 heterocycles. The number of fused-ring (bicyclic) bond motifs is 3. The predicted octanol–water partition coefficient (Wildman–Crippen LogP) is 2.56. The topological polar surface area (TPSA) is 49.0 Å². The highest BCUT2D eigenvalue weighted by Crippen LogP contribution is 2.35. The summed E-state index contributed by atoms with van der Waals surface area (Å²) in [6.45, 7) is 6.02. The summed E-state index contributed by atoms with van der Waals surface area (Å²) >= 11 is 1.72. The van der Waals surface area contributed by atoms with Gasteiger partial charge >= 0.3 is 0 Å². The van der Waals surface area contributed by atoms with Crippen LogP contribution in [0.5, 0.6) is 0 Å². The molecule has 1 unspecified atom stereocenters. The number of H-pyrrole nitrogens is 1. The summed E-state index contributed by atoms with van der Waals surface area (Å²) in [5, 5.41) is 0.847. The van der Waals surface area contributed by atoms with E-state index in [-0.39, 0.29) is 5.56 Å². The molecule has 0 aliphatic heterocycles. The molecule has 2 aromatic rings. The maximum absolute atomic E-state index is 12.4. The molecule has 0 fully saturated rings. The molecule has 0 amide bonds. The second-order valence-corrected chi connectivity index (χ2v) is 6.96. The Morgan fingerprint density at radius 3 is 3.05 bits per heavy atom. The van der Waals surface area contributed by atoms with Crippen LogP contribution < -0.4 is 5.56 Å². The van der Waals surface area contributed by atoms with Crippen LogP contribution in [-0.4, -0.2) is 28.5 Å². The van der Waals surface area contributed by atoms with Gasteiger partial charge in [0.05, 0.1) is 11.9 Å². The highest BCUT2D eigenvalue weighted by Gasteiger charge is 2.22. The molecule has 1 aliphatic rings. The SMILES string of the molecule is CCN(C)Cc1nc2sc3c(c2c(=O)[nH]1)CCC(C)C3. The van der Waals surface area contributed by atoms with E-state index in [2.05, 4.69) is 28.7 Å². The zero-order valence-electron chi connectivity index (χ0n) is 12.3. The smallest absolute Gasteiger partial charge is 0.259 e. The van der Waals surface area contributed by atoms with Gasteiger partial charge in [0, 0.05) is 4.88 Å². The lowest BCUT2D eigenvalue weighted by atomic mass is 9.89. The van der Waals surface area contributed by atoms with Gasteiger partial charge in [-0.3, -0.25) is 9.69 Å². The van der Waals surface area contributed by atoms with Gasteiger partial charge in [0.1, 0.15) is 10.7 Å². The molecule has 108 valence electrons. The average molecular weight is 291 g/mol. The van der Waals surface area contributed by atoms with Crippen molar-refractivity contribution in [1.82, 2.24) is 14.9 Å². The van der Waals surface area contributed by atoms with Crippen molar-refractivity contribution in [2.45, 2.75) is 39.7 Å². The number of aryl methyl sites for hydroxylation is 1. The van der Waals surface area contributed by atoms with Gasteiger partial charge in [-0.1, -0.05) is 13.8 Å². The van der Waals surface area contributed by atoms with Crippen molar-refractivity contribution in [1.29, 1.82) is 0 Å². The normalized spacial score (nSPS) is 18.7. The molecule has 1 atom stereocenters. The van der Waals surface area contributed by atoms with Crippen LogP contribution in [0.1, 0.15) is 36.5 Å². The molecular formula is C15H21N3OS. The Balaban J connectivity index is 2.07. The van der Waals surface area contributed by atoms with Gasteiger partial charge in [0.15, 0.2) is 0 Å². The standard InChI is InChI=1S/C15H21N3OS/c1-4-18(3)8-12-16-14(19)13-10-6-5-9(2)7-11(10)20-15(13)17-12/h9H,4-8H2,1-3H3,(H,16,17,19). The van der Waals surface area contributed by atoms with Crippen LogP contribution in [0, 0.1) is 5.92 Å². The van der Waals surface area contributed by atoms with Crippen LogP contribution in [0.3, 0.4) is 0 Å². The first-order valence-electron chi connectivity index (χ1n) is 7.30. The minimum Gasteiger partial charge on any atom is -0.309 e. The van der Waals surface area contributed by atoms with E-state index in [4.69, 9.17) is 0 Å². The summed E-state index contributed by atoms with van der Waals surface area (Å²) in [6, 6.07) is 0. The highest BCUT2D eigenvalue weighted by atomic mass is 32.1. The predicted molar refractivity (Wildman–Crippen MR) is 83.4 cm³/mol. The third-order valence-electron chi connectivity index (χ3n) is 4.17. The average Bonchev–Trinajstić information content (AvgIpc) is 2.75. The Labute approximate surface area is 122 Å². The van der Waals surface area contributed by atoms with Crippen molar-refractivity contribution in [3.05, 3.63) is 26.6 Å². The highest BCUT2D eigenvalue weighted by molar-refractivity contribution is 7.18. The first kappa shape index (κ1) is 13.8. The Hall–Kier alpha value is -1.20. The van der Waals surface area contributed by atoms with Crippen LogP contribution in [0.2, 0.25) is 0 Å². The lowest BCUT2D eigenvalue weighted by Gasteiger charge is -2.17. The molecule has 4 nitrogen and oxygen atoms in total. The summed E-state index contributed by atoms with van der Waals surface area (Å²) in [4.78, 5) is 24.4. The van der Waals surface area contributed by atoms with E-state index in [1.807, 2.05) is 7.05 Å². The monoisotopic (exact) mass is 291 g/mol. The summed E-state index contributed by atoms with van der Waals surface area (Å²) in [6.07, 6.45) is 3.30. The van der Waals surface area contributed by atoms with Crippen molar-refractivity contribution in [3.63, 3.8) is 0 Å². The third kappa shape index (κ3) is 2.40. The van der Waals surface area contributed by atoms with Gasteiger partial charge in [-0.25, -0.2) is 4.98 Å². The molecule has 1 N–H and O–H groups in total. The molecule has 20 heavy (non-hydrogen) atoms. The minimum atomic E-state index is 0.0431. The second-order valence-electron chi connectivity index (χ2n) is 5.87. The maximum atomic E-state index is 12.4. The molecular weight excluding hydrogens is 270 g/mol. The molecule has 0 saturated heterocycles. The van der Waals surface area contributed by atoms with Gasteiger partial charge in [-0.2, -0.15) is 0 Å². The minimum absolute atomic E-state index is 0.0431. The molecule has 5 heteroatoms. The molecule has 0 radical (unpaired) electrons. The summed E-state index contributed by atoms with van der Waals surface area (Å²) in [7, 11) is 2.03. The first-order chi connectivity index (χ1) is 9.58. The molecule has 0 bridgehead atoms. The number of nitrogens with one attached hydrogen (secondary N) is 1. The fraction of sp³-hybridized carbons (Fsp3) is 0.600. The van der Waals surface area contributed by atoms with Gasteiger partial charge < -0.3 is 4.98 Å². The molecule has 1 aliphatic carbocycles. The fourth-order valence-electron chi connectivity index (χ4n) is 2.84. The molecule has 0 aromatic carbocycles. The van der Waals surface area contributed by atoms with Gasteiger partial charge in [-0.15, -0.1) is 11.3 Å². The number of hydrogen-bond acceptors (Lipinski definition) is 4. The van der Waals surface area contributed by atoms with Crippen LogP contribution in [0.25, 0.3) is 10.2 Å². The number of aromatic amines is 1. The summed E-state index contributed by atoms with van der Waals surface area (Å²) < 4.78 is 0. The van der Waals surface area contributed by atoms with E-state index in [9.17, 15) is 4.79 Å². The van der Waals surface area contributed by atoms with Gasteiger partial charge in [0.2, 0.25) is 0 Å². The number of nitrogens with zero attached hydrogens (tertiary/aromatic N) is 2. The zero-order valence-corrected chi connectivity index (χ0v) is 13.1. The molecule has 0 saturated carbocycles. The van der Waals surface area contributed by atoms with Crippen molar-refractivity contribution >= 4 is 21.6 Å². The number of hydrogen-bond donors (Lipinski definition) is 1. The second kappa shape index (κ2) is 5.30. The number of rotatable bonds is 3. The van der Waals surface area contributed by atoms with Crippen molar-refractivity contribution in [3.8, 4) is 0 Å². The van der Waals surface area contributed by atoms with E-state index in [1.54, 1.807) is 11.3 Å². The van der Waals surface area contributed by atoms with Crippen LogP contribution >= 0.6 is 11.3 Å². The van der Waals surface area contributed by atoms with Gasteiger partial charge in [-0.05, 0) is 44.3 Å². The van der Waals surface area contributed by atoms with Crippen LogP contribution in [-0.2, 0) is 19.4 Å². The summed E-state index contributed by atoms with van der Waals surface area (Å²) in [5.74, 6) is 1.50. The quantitative estimate of drug-likeness (QED) is 0.945. The lowest BCUT2D eigenvalue weighted by Crippen LogP contribution is -2.21. The Morgan fingerprint density at radius 2 is 2.30 bits per heavy atom. The third-order valence-corrected chi connectivity index (χ3v) is 5.32. The van der Waals surface area contributed by atoms with Crippen molar-refractivity contribution in [2.24, 2.45) is 5.92 Å². The lowest BCUT2D eigenvalue weighted by molar-refractivity contribution is 0.336. The number of thiophene rings is 1. The van der Waals surface area contributed by atoms with Crippen molar-refractivity contribution in [2.75, 3.05) is 13.6 Å². The van der Waals surface area contributed by atoms with E-state index >= 15 is 0 Å². The molecule has 2 aromatic heterocycles. The Morgan fingerprint density at radius 1 is 1.50 bits per heavy atom. The Bertz CT molecular complexity index is 688. The zero-order chi connectivity index (χ0) is 14.3. The van der Waals surface area contributed by atoms with Gasteiger partial charge in [0.25, 0.3) is 5.56 Å². The van der Waals surface area contributed by atoms with Crippen LogP contribution in [0.15, 0.2) is 4.79 Å². The first-order valence-corrected chi connectivity index (χ1v) is 8.12. The van der Waals surface area contributed by atoms with E-state index < -0.39 is 0 Å². The Kier molecular flexibility index (Phi) is 3.65. The summed E-state index contributed by atoms with van der Waals surface area (Å²) in [5.41, 5.74) is 1.30. The molecule has 0 spiro atoms. The molecule has 3 rings (SSSR count). The maximum Gasteiger partial charge on any atom is 0.259 e. The number of aromatic nitrogens is 2. The van der Waals surface area contributed by atoms with E-state index in [0.29, 0.717) is 6.54 Å². The largest absolute Gasteiger partial charge is 0.309 e. The van der Waals surface area contributed by atoms with Crippen LogP contribution in [0.4, 0.5) is 0 Å². The van der Waals surface area contributed by atoms with Crippen molar-refractivity contribution < 1.29 is 0 Å².